The smallest absolute Gasteiger partial charge is 0.337 e. The summed E-state index contributed by atoms with van der Waals surface area (Å²) in [6, 6.07) is 4.67. The van der Waals surface area contributed by atoms with Crippen LogP contribution in [0.3, 0.4) is 0 Å². The number of benzene rings is 1. The molecule has 1 aromatic carbocycles. The van der Waals surface area contributed by atoms with Gasteiger partial charge in [-0.2, -0.15) is 0 Å². The van der Waals surface area contributed by atoms with Gasteiger partial charge in [-0.15, -0.1) is 0 Å². The molecule has 2 unspecified atom stereocenters. The third kappa shape index (κ3) is 1.55. The third-order valence-corrected chi connectivity index (χ3v) is 3.97. The molecule has 2 amide bonds. The number of nitrogens with zero attached hydrogens (tertiary/aromatic N) is 1. The highest BCUT2D eigenvalue weighted by Gasteiger charge is 2.59. The first-order valence-corrected chi connectivity index (χ1v) is 6.49. The molecule has 1 saturated heterocycles. The molecule has 1 N–H and O–H groups in total. The van der Waals surface area contributed by atoms with E-state index in [0.717, 1.165) is 8.47 Å². The SMILES string of the molecule is O=C(O)c1cc(I)ccc1N1C(=O)C2CC2C1=O. The van der Waals surface area contributed by atoms with Crippen LogP contribution in [-0.4, -0.2) is 22.9 Å². The zero-order valence-corrected chi connectivity index (χ0v) is 11.2. The zero-order chi connectivity index (χ0) is 13.0. The van der Waals surface area contributed by atoms with Crippen LogP contribution in [0.25, 0.3) is 0 Å². The second kappa shape index (κ2) is 3.78. The van der Waals surface area contributed by atoms with Crippen molar-refractivity contribution in [3.8, 4) is 0 Å². The van der Waals surface area contributed by atoms with Crippen molar-refractivity contribution in [1.29, 1.82) is 0 Å². The number of piperidine rings is 1. The molecule has 2 fully saturated rings. The second-order valence-electron chi connectivity index (χ2n) is 4.43. The van der Waals surface area contributed by atoms with Gasteiger partial charge >= 0.3 is 5.97 Å². The van der Waals surface area contributed by atoms with Crippen molar-refractivity contribution in [3.05, 3.63) is 27.3 Å². The summed E-state index contributed by atoms with van der Waals surface area (Å²) in [5, 5.41) is 9.15. The molecule has 18 heavy (non-hydrogen) atoms. The summed E-state index contributed by atoms with van der Waals surface area (Å²) in [7, 11) is 0. The highest BCUT2D eigenvalue weighted by molar-refractivity contribution is 14.1. The molecular weight excluding hydrogens is 349 g/mol. The number of anilines is 1. The van der Waals surface area contributed by atoms with E-state index < -0.39 is 5.97 Å². The molecule has 0 aromatic heterocycles. The van der Waals surface area contributed by atoms with Gasteiger partial charge in [0.1, 0.15) is 0 Å². The van der Waals surface area contributed by atoms with Crippen molar-refractivity contribution in [1.82, 2.24) is 0 Å². The Labute approximate surface area is 116 Å². The second-order valence-corrected chi connectivity index (χ2v) is 5.67. The van der Waals surface area contributed by atoms with E-state index in [0.29, 0.717) is 6.42 Å². The van der Waals surface area contributed by atoms with E-state index in [9.17, 15) is 14.4 Å². The van der Waals surface area contributed by atoms with Crippen molar-refractivity contribution in [3.63, 3.8) is 0 Å². The molecule has 5 nitrogen and oxygen atoms in total. The van der Waals surface area contributed by atoms with E-state index in [2.05, 4.69) is 0 Å². The summed E-state index contributed by atoms with van der Waals surface area (Å²) in [5.74, 6) is -2.12. The number of hydrogen-bond acceptors (Lipinski definition) is 3. The standard InChI is InChI=1S/C12H8INO4/c13-5-1-2-9(8(3-5)12(17)18)14-10(15)6-4-7(6)11(14)16/h1-3,6-7H,4H2,(H,17,18). The highest BCUT2D eigenvalue weighted by Crippen LogP contribution is 2.48. The van der Waals surface area contributed by atoms with Gasteiger partial charge in [0.15, 0.2) is 0 Å². The first kappa shape index (κ1) is 11.6. The zero-order valence-electron chi connectivity index (χ0n) is 9.09. The number of aromatic carboxylic acids is 1. The molecule has 0 bridgehead atoms. The Morgan fingerprint density at radius 3 is 2.44 bits per heavy atom. The Hall–Kier alpha value is -1.44. The Bertz CT molecular complexity index is 578. The molecule has 2 atom stereocenters. The summed E-state index contributed by atoms with van der Waals surface area (Å²) < 4.78 is 0.748. The fourth-order valence-corrected chi connectivity index (χ4v) is 2.78. The van der Waals surface area contributed by atoms with Crippen molar-refractivity contribution in [2.45, 2.75) is 6.42 Å². The first-order valence-electron chi connectivity index (χ1n) is 5.41. The third-order valence-electron chi connectivity index (χ3n) is 3.30. The molecule has 1 aromatic rings. The minimum absolute atomic E-state index is 0.00935. The number of carbonyl (C=O) groups is 3. The van der Waals surface area contributed by atoms with Gasteiger partial charge in [-0.25, -0.2) is 9.69 Å². The quantitative estimate of drug-likeness (QED) is 0.643. The van der Waals surface area contributed by atoms with E-state index >= 15 is 0 Å². The predicted molar refractivity (Wildman–Crippen MR) is 70.2 cm³/mol. The van der Waals surface area contributed by atoms with Crippen LogP contribution in [0.1, 0.15) is 16.8 Å². The minimum Gasteiger partial charge on any atom is -0.478 e. The number of amides is 2. The lowest BCUT2D eigenvalue weighted by molar-refractivity contribution is -0.123. The molecule has 0 spiro atoms. The van der Waals surface area contributed by atoms with E-state index in [1.54, 1.807) is 6.07 Å². The molecule has 2 aliphatic rings. The van der Waals surface area contributed by atoms with Crippen LogP contribution in [-0.2, 0) is 9.59 Å². The Balaban J connectivity index is 2.10. The van der Waals surface area contributed by atoms with E-state index in [-0.39, 0.29) is 34.9 Å². The average Bonchev–Trinajstić information content (AvgIpc) is 3.06. The Kier molecular flexibility index (Phi) is 2.44. The van der Waals surface area contributed by atoms with Crippen molar-refractivity contribution < 1.29 is 19.5 Å². The Morgan fingerprint density at radius 2 is 1.89 bits per heavy atom. The van der Waals surface area contributed by atoms with E-state index in [4.69, 9.17) is 5.11 Å². The fourth-order valence-electron chi connectivity index (χ4n) is 2.29. The number of rotatable bonds is 2. The molecule has 6 heteroatoms. The van der Waals surface area contributed by atoms with Crippen LogP contribution >= 0.6 is 22.6 Å². The van der Waals surface area contributed by atoms with Crippen molar-refractivity contribution >= 4 is 46.1 Å². The van der Waals surface area contributed by atoms with Crippen LogP contribution in [0.15, 0.2) is 18.2 Å². The van der Waals surface area contributed by atoms with Crippen LogP contribution in [0.4, 0.5) is 5.69 Å². The van der Waals surface area contributed by atoms with Gasteiger partial charge in [0.05, 0.1) is 23.1 Å². The van der Waals surface area contributed by atoms with Gasteiger partial charge in [0.25, 0.3) is 0 Å². The molecule has 0 radical (unpaired) electrons. The molecular formula is C12H8INO4. The van der Waals surface area contributed by atoms with E-state index in [1.807, 2.05) is 22.6 Å². The maximum Gasteiger partial charge on any atom is 0.337 e. The summed E-state index contributed by atoms with van der Waals surface area (Å²) in [4.78, 5) is 36.1. The number of carboxylic acids is 1. The Morgan fingerprint density at radius 1 is 1.28 bits per heavy atom. The molecule has 92 valence electrons. The number of hydrogen-bond donors (Lipinski definition) is 1. The first-order chi connectivity index (χ1) is 8.50. The molecule has 1 aliphatic carbocycles. The van der Waals surface area contributed by atoms with Gasteiger partial charge in [-0.1, -0.05) is 0 Å². The fraction of sp³-hybridized carbons (Fsp3) is 0.250. The lowest BCUT2D eigenvalue weighted by Gasteiger charge is -2.18. The number of imide groups is 1. The average molecular weight is 357 g/mol. The lowest BCUT2D eigenvalue weighted by Crippen LogP contribution is -2.34. The molecule has 1 aliphatic heterocycles. The van der Waals surface area contributed by atoms with Crippen LogP contribution in [0.2, 0.25) is 0 Å². The number of carboxylic acid groups (broad SMARTS) is 1. The number of halogens is 1. The predicted octanol–water partition coefficient (Wildman–Crippen LogP) is 1.50. The van der Waals surface area contributed by atoms with Crippen LogP contribution in [0.5, 0.6) is 0 Å². The lowest BCUT2D eigenvalue weighted by atomic mass is 10.1. The maximum atomic E-state index is 11.9. The normalized spacial score (nSPS) is 25.3. The summed E-state index contributed by atoms with van der Waals surface area (Å²) >= 11 is 1.99. The highest BCUT2D eigenvalue weighted by atomic mass is 127. The summed E-state index contributed by atoms with van der Waals surface area (Å²) in [6.45, 7) is 0. The maximum absolute atomic E-state index is 11.9. The van der Waals surface area contributed by atoms with Crippen molar-refractivity contribution in [2.75, 3.05) is 4.90 Å². The van der Waals surface area contributed by atoms with Gasteiger partial charge in [0.2, 0.25) is 11.8 Å². The van der Waals surface area contributed by atoms with Crippen LogP contribution < -0.4 is 4.90 Å². The topological polar surface area (TPSA) is 74.7 Å². The summed E-state index contributed by atoms with van der Waals surface area (Å²) in [5.41, 5.74) is 0.176. The van der Waals surface area contributed by atoms with Gasteiger partial charge in [-0.05, 0) is 47.2 Å². The molecule has 1 saturated carbocycles. The summed E-state index contributed by atoms with van der Waals surface area (Å²) in [6.07, 6.45) is 0.612. The van der Waals surface area contributed by atoms with E-state index in [1.165, 1.54) is 12.1 Å². The van der Waals surface area contributed by atoms with Gasteiger partial charge < -0.3 is 5.11 Å². The van der Waals surface area contributed by atoms with Gasteiger partial charge in [-0.3, -0.25) is 9.59 Å². The minimum atomic E-state index is -1.13. The van der Waals surface area contributed by atoms with Crippen molar-refractivity contribution in [2.24, 2.45) is 11.8 Å². The number of fused-ring (bicyclic) bond motifs is 1. The molecule has 3 rings (SSSR count). The monoisotopic (exact) mass is 357 g/mol. The number of carbonyl (C=O) groups excluding carboxylic acids is 2. The van der Waals surface area contributed by atoms with Crippen LogP contribution in [0, 0.1) is 15.4 Å². The van der Waals surface area contributed by atoms with Gasteiger partial charge in [0, 0.05) is 3.57 Å². The molecule has 1 heterocycles. The largest absolute Gasteiger partial charge is 0.478 e.